The molecule has 2 aliphatic heterocycles. The summed E-state index contributed by atoms with van der Waals surface area (Å²) in [7, 11) is -2.40. The summed E-state index contributed by atoms with van der Waals surface area (Å²) in [5.41, 5.74) is -0.914. The van der Waals surface area contributed by atoms with Crippen LogP contribution in [0.5, 0.6) is 0 Å². The average molecular weight is 378 g/mol. The summed E-state index contributed by atoms with van der Waals surface area (Å²) in [5.74, 6) is -0.811. The molecule has 0 spiro atoms. The fourth-order valence-corrected chi connectivity index (χ4v) is 4.54. The molecule has 2 atom stereocenters. The van der Waals surface area contributed by atoms with E-state index in [4.69, 9.17) is 4.74 Å². The number of likely N-dealkylation sites (N-methyl/N-ethyl adjacent to an activating group) is 1. The van der Waals surface area contributed by atoms with E-state index in [0.29, 0.717) is 0 Å². The summed E-state index contributed by atoms with van der Waals surface area (Å²) in [5, 5.41) is 0. The van der Waals surface area contributed by atoms with Gasteiger partial charge in [0, 0.05) is 20.1 Å². The molecule has 1 amide bonds. The first-order valence-corrected chi connectivity index (χ1v) is 9.06. The lowest BCUT2D eigenvalue weighted by atomic mass is 10.1. The lowest BCUT2D eigenvalue weighted by molar-refractivity contribution is -0.137. The molecule has 25 heavy (non-hydrogen) atoms. The zero-order valence-corrected chi connectivity index (χ0v) is 14.2. The Balaban J connectivity index is 1.91. The van der Waals surface area contributed by atoms with E-state index in [0.717, 1.165) is 28.6 Å². The fourth-order valence-electron chi connectivity index (χ4n) is 3.02. The third-order valence-corrected chi connectivity index (χ3v) is 6.38. The van der Waals surface area contributed by atoms with Crippen LogP contribution in [0, 0.1) is 5.92 Å². The second-order valence-electron chi connectivity index (χ2n) is 6.18. The van der Waals surface area contributed by atoms with Gasteiger partial charge in [-0.25, -0.2) is 8.42 Å². The molecule has 138 valence electrons. The van der Waals surface area contributed by atoms with Gasteiger partial charge in [0.1, 0.15) is 0 Å². The minimum atomic E-state index is -4.53. The van der Waals surface area contributed by atoms with Gasteiger partial charge in [-0.15, -0.1) is 0 Å². The van der Waals surface area contributed by atoms with Crippen LogP contribution in [0.15, 0.2) is 29.2 Å². The van der Waals surface area contributed by atoms with Crippen molar-refractivity contribution in [1.82, 2.24) is 9.21 Å². The van der Waals surface area contributed by atoms with Crippen LogP contribution < -0.4 is 0 Å². The highest BCUT2D eigenvalue weighted by molar-refractivity contribution is 7.89. The third-order valence-electron chi connectivity index (χ3n) is 4.53. The minimum Gasteiger partial charge on any atom is -0.378 e. The van der Waals surface area contributed by atoms with Crippen LogP contribution in [0.2, 0.25) is 0 Å². The minimum absolute atomic E-state index is 0.0437. The van der Waals surface area contributed by atoms with Gasteiger partial charge in [0.05, 0.1) is 35.6 Å². The predicted molar refractivity (Wildman–Crippen MR) is 81.1 cm³/mol. The lowest BCUT2D eigenvalue weighted by Gasteiger charge is -2.28. The Morgan fingerprint density at radius 3 is 2.36 bits per heavy atom. The van der Waals surface area contributed by atoms with Crippen LogP contribution in [0.1, 0.15) is 5.56 Å². The van der Waals surface area contributed by atoms with E-state index in [2.05, 4.69) is 0 Å². The monoisotopic (exact) mass is 378 g/mol. The van der Waals surface area contributed by atoms with Gasteiger partial charge in [-0.05, 0) is 24.3 Å². The number of nitrogens with zero attached hydrogens (tertiary/aromatic N) is 2. The SMILES string of the molecule is CN1C(=O)[C@H]2COC[C@@H]1CN(S(=O)(=O)c1ccc(C(F)(F)F)cc1)C2. The standard InChI is InChI=1S/C15H17F3N2O4S/c1-19-12-7-20(6-10(14(19)21)8-24-9-12)25(22,23)13-4-2-11(3-5-13)15(16,17)18/h2-5,10,12H,6-9H2,1H3/t10-,12+/m1/s1. The topological polar surface area (TPSA) is 66.9 Å². The van der Waals surface area contributed by atoms with Crippen molar-refractivity contribution in [1.29, 1.82) is 0 Å². The van der Waals surface area contributed by atoms with Crippen molar-refractivity contribution in [2.45, 2.75) is 17.1 Å². The molecule has 1 aromatic carbocycles. The quantitative estimate of drug-likeness (QED) is 0.775. The molecule has 2 fully saturated rings. The number of alkyl halides is 3. The molecule has 0 radical (unpaired) electrons. The highest BCUT2D eigenvalue weighted by Gasteiger charge is 2.41. The number of benzene rings is 1. The summed E-state index contributed by atoms with van der Waals surface area (Å²) < 4.78 is 70.2. The van der Waals surface area contributed by atoms with Gasteiger partial charge in [0.2, 0.25) is 15.9 Å². The number of amides is 1. The van der Waals surface area contributed by atoms with Gasteiger partial charge in [0.15, 0.2) is 0 Å². The maximum absolute atomic E-state index is 12.8. The normalized spacial score (nSPS) is 25.8. The number of fused-ring (bicyclic) bond motifs is 3. The van der Waals surface area contributed by atoms with Crippen LogP contribution in [0.3, 0.4) is 0 Å². The van der Waals surface area contributed by atoms with Crippen molar-refractivity contribution in [3.05, 3.63) is 29.8 Å². The van der Waals surface area contributed by atoms with E-state index in [1.807, 2.05) is 0 Å². The number of rotatable bonds is 2. The van der Waals surface area contributed by atoms with Crippen molar-refractivity contribution in [2.24, 2.45) is 5.92 Å². The zero-order valence-electron chi connectivity index (χ0n) is 13.4. The third kappa shape index (κ3) is 3.38. The molecule has 3 rings (SSSR count). The Morgan fingerprint density at radius 1 is 1.12 bits per heavy atom. The highest BCUT2D eigenvalue weighted by Crippen LogP contribution is 2.31. The molecule has 2 aliphatic rings. The molecule has 2 bridgehead atoms. The van der Waals surface area contributed by atoms with Crippen LogP contribution in [-0.4, -0.2) is 62.9 Å². The molecular weight excluding hydrogens is 361 g/mol. The molecular formula is C15H17F3N2O4S. The van der Waals surface area contributed by atoms with Crippen LogP contribution in [0.25, 0.3) is 0 Å². The molecule has 0 N–H and O–H groups in total. The number of hydrogen-bond donors (Lipinski definition) is 0. The molecule has 2 saturated heterocycles. The summed E-state index contributed by atoms with van der Waals surface area (Å²) in [6.07, 6.45) is -4.53. The van der Waals surface area contributed by atoms with Crippen molar-refractivity contribution >= 4 is 15.9 Å². The number of carbonyl (C=O) groups is 1. The largest absolute Gasteiger partial charge is 0.416 e. The van der Waals surface area contributed by atoms with E-state index in [9.17, 15) is 26.4 Å². The van der Waals surface area contributed by atoms with Crippen LogP contribution in [0.4, 0.5) is 13.2 Å². The Labute approximate surface area is 143 Å². The first-order valence-electron chi connectivity index (χ1n) is 7.62. The number of sulfonamides is 1. The van der Waals surface area contributed by atoms with E-state index in [1.54, 1.807) is 7.05 Å². The van der Waals surface area contributed by atoms with Gasteiger partial charge in [0.25, 0.3) is 0 Å². The second-order valence-corrected chi connectivity index (χ2v) is 8.12. The van der Waals surface area contributed by atoms with Gasteiger partial charge >= 0.3 is 6.18 Å². The Bertz CT molecular complexity index is 764. The van der Waals surface area contributed by atoms with Gasteiger partial charge < -0.3 is 9.64 Å². The molecule has 2 heterocycles. The summed E-state index contributed by atoms with van der Waals surface area (Å²) in [6.45, 7) is 0.335. The maximum Gasteiger partial charge on any atom is 0.416 e. The maximum atomic E-state index is 12.8. The van der Waals surface area contributed by atoms with Gasteiger partial charge in [-0.2, -0.15) is 17.5 Å². The number of carbonyl (C=O) groups excluding carboxylic acids is 1. The van der Waals surface area contributed by atoms with Gasteiger partial charge in [-0.1, -0.05) is 0 Å². The second kappa shape index (κ2) is 6.26. The summed E-state index contributed by atoms with van der Waals surface area (Å²) in [4.78, 5) is 13.6. The van der Waals surface area contributed by atoms with Gasteiger partial charge in [-0.3, -0.25) is 4.79 Å². The lowest BCUT2D eigenvalue weighted by Crippen LogP contribution is -2.45. The Kier molecular flexibility index (Phi) is 4.54. The molecule has 0 aliphatic carbocycles. The van der Waals surface area contributed by atoms with Crippen molar-refractivity contribution < 1.29 is 31.1 Å². The molecule has 6 nitrogen and oxygen atoms in total. The predicted octanol–water partition coefficient (Wildman–Crippen LogP) is 1.18. The van der Waals surface area contributed by atoms with Crippen molar-refractivity contribution in [2.75, 3.05) is 33.4 Å². The first-order chi connectivity index (χ1) is 11.6. The molecule has 10 heteroatoms. The van der Waals surface area contributed by atoms with Crippen molar-refractivity contribution in [3.63, 3.8) is 0 Å². The fraction of sp³-hybridized carbons (Fsp3) is 0.533. The first kappa shape index (κ1) is 18.2. The average Bonchev–Trinajstić information content (AvgIpc) is 2.72. The zero-order chi connectivity index (χ0) is 18.4. The van der Waals surface area contributed by atoms with Crippen LogP contribution in [-0.2, 0) is 25.7 Å². The van der Waals surface area contributed by atoms with E-state index < -0.39 is 33.7 Å². The van der Waals surface area contributed by atoms with E-state index in [1.165, 1.54) is 4.90 Å². The Morgan fingerprint density at radius 2 is 1.76 bits per heavy atom. The Hall–Kier alpha value is -1.65. The van der Waals surface area contributed by atoms with Crippen molar-refractivity contribution in [3.8, 4) is 0 Å². The number of hydrogen-bond acceptors (Lipinski definition) is 4. The molecule has 1 aromatic rings. The number of halogens is 3. The summed E-state index contributed by atoms with van der Waals surface area (Å²) in [6, 6.07) is 2.95. The van der Waals surface area contributed by atoms with E-state index in [-0.39, 0.29) is 37.1 Å². The van der Waals surface area contributed by atoms with E-state index >= 15 is 0 Å². The number of ether oxygens (including phenoxy) is 1. The van der Waals surface area contributed by atoms with Crippen LogP contribution >= 0.6 is 0 Å². The smallest absolute Gasteiger partial charge is 0.378 e. The highest BCUT2D eigenvalue weighted by atomic mass is 32.2. The summed E-state index contributed by atoms with van der Waals surface area (Å²) >= 11 is 0. The molecule has 0 aromatic heterocycles. The molecule has 0 unspecified atom stereocenters. The molecule has 0 saturated carbocycles.